The molecule has 0 aliphatic heterocycles. The van der Waals surface area contributed by atoms with Crippen LogP contribution in [0.25, 0.3) is 0 Å². The van der Waals surface area contributed by atoms with E-state index in [0.717, 1.165) is 31.2 Å². The minimum absolute atomic E-state index is 0.0463. The van der Waals surface area contributed by atoms with E-state index in [1.807, 2.05) is 27.7 Å². The first-order valence-corrected chi connectivity index (χ1v) is 9.02. The SMILES string of the molecule is Cc1cc(C#N)c(N[C@H]2CCCC[C@@H]2N(C(=O)O)C(C)(C)C)cc1Cl. The van der Waals surface area contributed by atoms with Gasteiger partial charge in [0.2, 0.25) is 0 Å². The molecule has 1 saturated carbocycles. The number of aryl methyl sites for hydroxylation is 1. The van der Waals surface area contributed by atoms with Crippen molar-refractivity contribution in [3.05, 3.63) is 28.3 Å². The highest BCUT2D eigenvalue weighted by Crippen LogP contribution is 2.32. The molecular weight excluding hydrogens is 338 g/mol. The van der Waals surface area contributed by atoms with Crippen LogP contribution in [0, 0.1) is 18.3 Å². The van der Waals surface area contributed by atoms with Crippen LogP contribution in [0.4, 0.5) is 10.5 Å². The summed E-state index contributed by atoms with van der Waals surface area (Å²) in [5, 5.41) is 23.2. The number of halogens is 1. The van der Waals surface area contributed by atoms with Crippen molar-refractivity contribution in [2.24, 2.45) is 0 Å². The molecule has 25 heavy (non-hydrogen) atoms. The van der Waals surface area contributed by atoms with Gasteiger partial charge in [0.1, 0.15) is 6.07 Å². The van der Waals surface area contributed by atoms with Gasteiger partial charge < -0.3 is 10.4 Å². The second-order valence-corrected chi connectivity index (χ2v) is 8.09. The molecule has 0 saturated heterocycles. The van der Waals surface area contributed by atoms with E-state index in [0.29, 0.717) is 16.3 Å². The van der Waals surface area contributed by atoms with Crippen molar-refractivity contribution in [2.45, 2.75) is 71.0 Å². The zero-order valence-corrected chi connectivity index (χ0v) is 16.0. The van der Waals surface area contributed by atoms with Crippen LogP contribution in [-0.2, 0) is 0 Å². The van der Waals surface area contributed by atoms with Crippen LogP contribution in [0.5, 0.6) is 0 Å². The van der Waals surface area contributed by atoms with Crippen LogP contribution in [0.2, 0.25) is 5.02 Å². The summed E-state index contributed by atoms with van der Waals surface area (Å²) >= 11 is 6.23. The van der Waals surface area contributed by atoms with Crippen molar-refractivity contribution < 1.29 is 9.90 Å². The predicted octanol–water partition coefficient (Wildman–Crippen LogP) is 5.02. The lowest BCUT2D eigenvalue weighted by Gasteiger charge is -2.45. The third kappa shape index (κ3) is 4.38. The zero-order chi connectivity index (χ0) is 18.8. The maximum atomic E-state index is 11.9. The van der Waals surface area contributed by atoms with Gasteiger partial charge in [-0.15, -0.1) is 0 Å². The first kappa shape index (κ1) is 19.4. The molecule has 1 aromatic rings. The molecule has 0 heterocycles. The summed E-state index contributed by atoms with van der Waals surface area (Å²) in [6.45, 7) is 7.60. The Morgan fingerprint density at radius 1 is 1.36 bits per heavy atom. The van der Waals surface area contributed by atoms with Crippen LogP contribution in [0.15, 0.2) is 12.1 Å². The van der Waals surface area contributed by atoms with E-state index in [2.05, 4.69) is 11.4 Å². The highest BCUT2D eigenvalue weighted by Gasteiger charge is 2.39. The zero-order valence-electron chi connectivity index (χ0n) is 15.3. The lowest BCUT2D eigenvalue weighted by molar-refractivity contribution is 0.0520. The van der Waals surface area contributed by atoms with Gasteiger partial charge in [-0.25, -0.2) is 4.79 Å². The van der Waals surface area contributed by atoms with E-state index in [9.17, 15) is 15.2 Å². The van der Waals surface area contributed by atoms with Crippen LogP contribution < -0.4 is 5.32 Å². The van der Waals surface area contributed by atoms with E-state index < -0.39 is 11.6 Å². The Bertz CT molecular complexity index is 691. The van der Waals surface area contributed by atoms with Gasteiger partial charge in [-0.1, -0.05) is 24.4 Å². The summed E-state index contributed by atoms with van der Waals surface area (Å²) in [4.78, 5) is 13.4. The molecule has 0 unspecified atom stereocenters. The van der Waals surface area contributed by atoms with E-state index in [1.54, 1.807) is 17.0 Å². The van der Waals surface area contributed by atoms with E-state index in [-0.39, 0.29) is 12.1 Å². The van der Waals surface area contributed by atoms with Gasteiger partial charge in [-0.3, -0.25) is 4.90 Å². The van der Waals surface area contributed by atoms with E-state index >= 15 is 0 Å². The fourth-order valence-electron chi connectivity index (χ4n) is 3.61. The molecule has 2 atom stereocenters. The second-order valence-electron chi connectivity index (χ2n) is 7.68. The largest absolute Gasteiger partial charge is 0.465 e. The molecule has 0 aromatic heterocycles. The van der Waals surface area contributed by atoms with Crippen molar-refractivity contribution in [2.75, 3.05) is 5.32 Å². The Morgan fingerprint density at radius 3 is 2.56 bits per heavy atom. The Labute approximate surface area is 154 Å². The number of hydrogen-bond acceptors (Lipinski definition) is 3. The Hall–Kier alpha value is -1.93. The summed E-state index contributed by atoms with van der Waals surface area (Å²) in [7, 11) is 0. The molecule has 5 nitrogen and oxygen atoms in total. The summed E-state index contributed by atoms with van der Waals surface area (Å²) < 4.78 is 0. The minimum atomic E-state index is -0.909. The Balaban J connectivity index is 2.35. The second kappa shape index (κ2) is 7.53. The van der Waals surface area contributed by atoms with Crippen molar-refractivity contribution in [1.29, 1.82) is 5.26 Å². The van der Waals surface area contributed by atoms with Crippen LogP contribution in [0.1, 0.15) is 57.6 Å². The molecular formula is C19H26ClN3O2. The summed E-state index contributed by atoms with van der Waals surface area (Å²) in [6.07, 6.45) is 2.80. The standard InChI is InChI=1S/C19H26ClN3O2/c1-12-9-13(11-21)16(10-14(12)20)22-15-7-5-6-8-17(15)23(18(24)25)19(2,3)4/h9-10,15,17,22H,5-8H2,1-4H3,(H,24,25)/t15-,17-/m0/s1. The quantitative estimate of drug-likeness (QED) is 0.790. The Morgan fingerprint density at radius 2 is 2.00 bits per heavy atom. The lowest BCUT2D eigenvalue weighted by atomic mass is 9.86. The molecule has 1 fully saturated rings. The molecule has 0 radical (unpaired) electrons. The molecule has 2 rings (SSSR count). The molecule has 2 N–H and O–H groups in total. The van der Waals surface area contributed by atoms with Crippen molar-refractivity contribution in [3.63, 3.8) is 0 Å². The number of amides is 1. The highest BCUT2D eigenvalue weighted by molar-refractivity contribution is 6.31. The topological polar surface area (TPSA) is 76.4 Å². The van der Waals surface area contributed by atoms with Gasteiger partial charge in [0.05, 0.1) is 17.3 Å². The van der Waals surface area contributed by atoms with Crippen molar-refractivity contribution >= 4 is 23.4 Å². The maximum Gasteiger partial charge on any atom is 0.408 e. The van der Waals surface area contributed by atoms with E-state index in [1.165, 1.54) is 0 Å². The summed E-state index contributed by atoms with van der Waals surface area (Å²) in [5.74, 6) is 0. The van der Waals surface area contributed by atoms with Gasteiger partial charge in [-0.05, 0) is 58.2 Å². The highest BCUT2D eigenvalue weighted by atomic mass is 35.5. The van der Waals surface area contributed by atoms with Crippen LogP contribution in [0.3, 0.4) is 0 Å². The first-order valence-electron chi connectivity index (χ1n) is 8.64. The first-order chi connectivity index (χ1) is 11.6. The molecule has 6 heteroatoms. The third-order valence-corrected chi connectivity index (χ3v) is 5.16. The number of nitrogens with zero attached hydrogens (tertiary/aromatic N) is 2. The minimum Gasteiger partial charge on any atom is -0.465 e. The van der Waals surface area contributed by atoms with Crippen LogP contribution >= 0.6 is 11.6 Å². The number of hydrogen-bond donors (Lipinski definition) is 2. The van der Waals surface area contributed by atoms with Gasteiger partial charge >= 0.3 is 6.09 Å². The predicted molar refractivity (Wildman–Crippen MR) is 100 cm³/mol. The van der Waals surface area contributed by atoms with Gasteiger partial charge in [0.25, 0.3) is 0 Å². The third-order valence-electron chi connectivity index (χ3n) is 4.75. The van der Waals surface area contributed by atoms with Gasteiger partial charge in [0, 0.05) is 16.6 Å². The summed E-state index contributed by atoms with van der Waals surface area (Å²) in [6, 6.07) is 5.54. The Kier molecular flexibility index (Phi) is 5.84. The monoisotopic (exact) mass is 363 g/mol. The smallest absolute Gasteiger partial charge is 0.408 e. The van der Waals surface area contributed by atoms with Gasteiger partial charge in [0.15, 0.2) is 0 Å². The number of rotatable bonds is 3. The fourth-order valence-corrected chi connectivity index (χ4v) is 3.77. The number of carboxylic acid groups (broad SMARTS) is 1. The lowest BCUT2D eigenvalue weighted by Crippen LogP contribution is -2.58. The molecule has 1 aliphatic rings. The van der Waals surface area contributed by atoms with Crippen LogP contribution in [-0.4, -0.2) is 33.7 Å². The molecule has 0 bridgehead atoms. The molecule has 1 aliphatic carbocycles. The average molecular weight is 364 g/mol. The molecule has 1 amide bonds. The van der Waals surface area contributed by atoms with Gasteiger partial charge in [-0.2, -0.15) is 5.26 Å². The fraction of sp³-hybridized carbons (Fsp3) is 0.579. The number of carbonyl (C=O) groups is 1. The normalized spacial score (nSPS) is 20.6. The van der Waals surface area contributed by atoms with Crippen molar-refractivity contribution in [1.82, 2.24) is 4.90 Å². The van der Waals surface area contributed by atoms with Crippen molar-refractivity contribution in [3.8, 4) is 6.07 Å². The molecule has 0 spiro atoms. The number of anilines is 1. The number of nitriles is 1. The molecule has 136 valence electrons. The summed E-state index contributed by atoms with van der Waals surface area (Å²) in [5.41, 5.74) is 1.57. The maximum absolute atomic E-state index is 11.9. The molecule has 1 aromatic carbocycles. The average Bonchev–Trinajstić information content (AvgIpc) is 2.50. The van der Waals surface area contributed by atoms with E-state index in [4.69, 9.17) is 11.6 Å². The number of benzene rings is 1. The number of nitrogens with one attached hydrogen (secondary N) is 1.